The molecule has 0 atom stereocenters. The molecule has 2 aromatic rings. The van der Waals surface area contributed by atoms with Crippen molar-refractivity contribution < 1.29 is 0 Å². The summed E-state index contributed by atoms with van der Waals surface area (Å²) in [4.78, 5) is 13.7. The van der Waals surface area contributed by atoms with Gasteiger partial charge in [-0.1, -0.05) is 0 Å². The van der Waals surface area contributed by atoms with Crippen LogP contribution in [0.5, 0.6) is 0 Å². The molecule has 0 aromatic carbocycles. The van der Waals surface area contributed by atoms with Crippen molar-refractivity contribution in [1.82, 2.24) is 25.1 Å². The second kappa shape index (κ2) is 5.00. The number of aromatic amines is 1. The van der Waals surface area contributed by atoms with Gasteiger partial charge in [-0.15, -0.1) is 5.10 Å². The highest BCUT2D eigenvalue weighted by atomic mass is 16.2. The molecule has 0 unspecified atom stereocenters. The molecule has 3 heterocycles. The van der Waals surface area contributed by atoms with E-state index in [4.69, 9.17) is 0 Å². The van der Waals surface area contributed by atoms with E-state index in [1.54, 1.807) is 0 Å². The van der Waals surface area contributed by atoms with E-state index in [-0.39, 0.29) is 5.69 Å². The van der Waals surface area contributed by atoms with Crippen LogP contribution in [0.4, 0.5) is 5.82 Å². The fourth-order valence-corrected chi connectivity index (χ4v) is 2.62. The Balaban J connectivity index is 1.78. The van der Waals surface area contributed by atoms with E-state index in [9.17, 15) is 4.79 Å². The molecule has 0 bridgehead atoms. The van der Waals surface area contributed by atoms with Crippen molar-refractivity contribution in [2.75, 3.05) is 31.6 Å². The topological polar surface area (TPSA) is 78.3 Å². The smallest absolute Gasteiger partial charge is 0.355 e. The van der Waals surface area contributed by atoms with Crippen molar-refractivity contribution in [3.63, 3.8) is 0 Å². The van der Waals surface area contributed by atoms with Crippen molar-refractivity contribution in [1.29, 1.82) is 0 Å². The van der Waals surface area contributed by atoms with Gasteiger partial charge in [0, 0.05) is 13.1 Å². The Morgan fingerprint density at radius 1 is 1.42 bits per heavy atom. The molecule has 0 aliphatic carbocycles. The zero-order valence-corrected chi connectivity index (χ0v) is 11.0. The van der Waals surface area contributed by atoms with Crippen LogP contribution in [-0.4, -0.2) is 46.5 Å². The van der Waals surface area contributed by atoms with Gasteiger partial charge in [0.2, 0.25) is 0 Å². The monoisotopic (exact) mass is 262 g/mol. The van der Waals surface area contributed by atoms with Gasteiger partial charge < -0.3 is 10.2 Å². The Hall–Kier alpha value is -1.89. The lowest BCUT2D eigenvalue weighted by molar-refractivity contribution is 0.391. The highest BCUT2D eigenvalue weighted by Crippen LogP contribution is 2.21. The lowest BCUT2D eigenvalue weighted by Crippen LogP contribution is -2.37. The Kier molecular flexibility index (Phi) is 3.20. The van der Waals surface area contributed by atoms with Crippen LogP contribution >= 0.6 is 0 Å². The van der Waals surface area contributed by atoms with Gasteiger partial charge in [0.15, 0.2) is 5.65 Å². The quantitative estimate of drug-likeness (QED) is 0.804. The van der Waals surface area contributed by atoms with E-state index in [1.165, 1.54) is 4.52 Å². The predicted octanol–water partition coefficient (Wildman–Crippen LogP) is -0.147. The molecular formula is C12H18N6O. The van der Waals surface area contributed by atoms with Crippen LogP contribution in [0.15, 0.2) is 16.9 Å². The maximum absolute atomic E-state index is 11.5. The van der Waals surface area contributed by atoms with Crippen molar-refractivity contribution in [2.45, 2.75) is 12.8 Å². The molecular weight excluding hydrogens is 244 g/mol. The van der Waals surface area contributed by atoms with Crippen molar-refractivity contribution in [3.05, 3.63) is 22.6 Å². The number of hydrogen-bond donors (Lipinski definition) is 2. The number of fused-ring (bicyclic) bond motifs is 1. The van der Waals surface area contributed by atoms with E-state index in [0.29, 0.717) is 5.65 Å². The standard InChI is InChI=1S/C12H18N6O/c1-13-8-9-4-6-17(7-5-9)11-3-2-10-14-15-12(19)18(10)16-11/h2-3,9,13H,4-8H2,1H3,(H,15,19). The Bertz CT molecular complexity index is 610. The number of hydrogen-bond acceptors (Lipinski definition) is 5. The molecule has 1 aliphatic rings. The zero-order valence-electron chi connectivity index (χ0n) is 11.0. The number of nitrogens with zero attached hydrogens (tertiary/aromatic N) is 4. The third-order valence-electron chi connectivity index (χ3n) is 3.69. The number of H-pyrrole nitrogens is 1. The van der Waals surface area contributed by atoms with Crippen LogP contribution < -0.4 is 15.9 Å². The third kappa shape index (κ3) is 2.33. The van der Waals surface area contributed by atoms with E-state index in [2.05, 4.69) is 25.5 Å². The van der Waals surface area contributed by atoms with Crippen LogP contribution in [0.1, 0.15) is 12.8 Å². The summed E-state index contributed by atoms with van der Waals surface area (Å²) in [6.07, 6.45) is 2.31. The highest BCUT2D eigenvalue weighted by Gasteiger charge is 2.20. The van der Waals surface area contributed by atoms with Crippen molar-refractivity contribution >= 4 is 11.5 Å². The van der Waals surface area contributed by atoms with Crippen LogP contribution in [0.2, 0.25) is 0 Å². The van der Waals surface area contributed by atoms with Gasteiger partial charge in [0.25, 0.3) is 0 Å². The summed E-state index contributed by atoms with van der Waals surface area (Å²) in [6, 6.07) is 3.74. The van der Waals surface area contributed by atoms with Crippen LogP contribution in [0.3, 0.4) is 0 Å². The first kappa shape index (κ1) is 12.2. The third-order valence-corrected chi connectivity index (χ3v) is 3.69. The number of aromatic nitrogens is 4. The number of piperidine rings is 1. The number of anilines is 1. The van der Waals surface area contributed by atoms with Crippen LogP contribution in [0, 0.1) is 5.92 Å². The molecule has 0 saturated carbocycles. The molecule has 0 amide bonds. The lowest BCUT2D eigenvalue weighted by Gasteiger charge is -2.32. The summed E-state index contributed by atoms with van der Waals surface area (Å²) in [6.45, 7) is 3.04. The van der Waals surface area contributed by atoms with E-state index in [0.717, 1.165) is 44.2 Å². The summed E-state index contributed by atoms with van der Waals surface area (Å²) in [5.41, 5.74) is 0.265. The molecule has 0 spiro atoms. The molecule has 19 heavy (non-hydrogen) atoms. The molecule has 3 rings (SSSR count). The first-order valence-electron chi connectivity index (χ1n) is 6.62. The molecule has 1 aliphatic heterocycles. The minimum absolute atomic E-state index is 0.290. The summed E-state index contributed by atoms with van der Waals surface area (Å²) in [7, 11) is 1.99. The second-order valence-corrected chi connectivity index (χ2v) is 4.98. The van der Waals surface area contributed by atoms with Gasteiger partial charge in [-0.25, -0.2) is 9.89 Å². The Morgan fingerprint density at radius 2 is 2.21 bits per heavy atom. The molecule has 1 saturated heterocycles. The van der Waals surface area contributed by atoms with Gasteiger partial charge in [0.05, 0.1) is 0 Å². The van der Waals surface area contributed by atoms with E-state index < -0.39 is 0 Å². The summed E-state index contributed by atoms with van der Waals surface area (Å²) in [5, 5.41) is 13.9. The fraction of sp³-hybridized carbons (Fsp3) is 0.583. The Labute approximate surface area is 110 Å². The highest BCUT2D eigenvalue weighted by molar-refractivity contribution is 5.45. The molecule has 7 nitrogen and oxygen atoms in total. The van der Waals surface area contributed by atoms with Gasteiger partial charge in [0.1, 0.15) is 5.82 Å². The van der Waals surface area contributed by atoms with E-state index >= 15 is 0 Å². The van der Waals surface area contributed by atoms with Crippen molar-refractivity contribution in [2.24, 2.45) is 5.92 Å². The maximum atomic E-state index is 11.5. The van der Waals surface area contributed by atoms with Gasteiger partial charge >= 0.3 is 5.69 Å². The zero-order chi connectivity index (χ0) is 13.2. The second-order valence-electron chi connectivity index (χ2n) is 4.98. The van der Waals surface area contributed by atoms with Crippen LogP contribution in [0.25, 0.3) is 5.65 Å². The molecule has 2 N–H and O–H groups in total. The molecule has 0 radical (unpaired) electrons. The van der Waals surface area contributed by atoms with Crippen LogP contribution in [-0.2, 0) is 0 Å². The first-order chi connectivity index (χ1) is 9.28. The largest absolute Gasteiger partial charge is 0.364 e. The minimum atomic E-state index is -0.290. The normalized spacial score (nSPS) is 17.2. The average molecular weight is 262 g/mol. The van der Waals surface area contributed by atoms with Gasteiger partial charge in [-0.3, -0.25) is 0 Å². The molecule has 102 valence electrons. The summed E-state index contributed by atoms with van der Waals surface area (Å²) in [5.74, 6) is 1.58. The summed E-state index contributed by atoms with van der Waals surface area (Å²) >= 11 is 0. The van der Waals surface area contributed by atoms with Crippen molar-refractivity contribution in [3.8, 4) is 0 Å². The average Bonchev–Trinajstić information content (AvgIpc) is 2.81. The molecule has 1 fully saturated rings. The lowest BCUT2D eigenvalue weighted by atomic mass is 9.97. The first-order valence-corrected chi connectivity index (χ1v) is 6.62. The molecule has 7 heteroatoms. The molecule has 2 aromatic heterocycles. The maximum Gasteiger partial charge on any atom is 0.364 e. The predicted molar refractivity (Wildman–Crippen MR) is 72.5 cm³/mol. The van der Waals surface area contributed by atoms with Gasteiger partial charge in [-0.2, -0.15) is 9.61 Å². The Morgan fingerprint density at radius 3 is 2.95 bits per heavy atom. The van der Waals surface area contributed by atoms with Gasteiger partial charge in [-0.05, 0) is 44.5 Å². The minimum Gasteiger partial charge on any atom is -0.355 e. The number of nitrogens with one attached hydrogen (secondary N) is 2. The van der Waals surface area contributed by atoms with E-state index in [1.807, 2.05) is 19.2 Å². The SMILES string of the molecule is CNCC1CCN(c2ccc3n[nH]c(=O)n3n2)CC1. The fourth-order valence-electron chi connectivity index (χ4n) is 2.62. The number of rotatable bonds is 3. The summed E-state index contributed by atoms with van der Waals surface area (Å²) < 4.78 is 1.31.